The highest BCUT2D eigenvalue weighted by Gasteiger charge is 2.06. The van der Waals surface area contributed by atoms with Gasteiger partial charge in [0.05, 0.1) is 12.8 Å². The van der Waals surface area contributed by atoms with Gasteiger partial charge < -0.3 is 24.9 Å². The van der Waals surface area contributed by atoms with E-state index in [0.29, 0.717) is 37.1 Å². The van der Waals surface area contributed by atoms with Crippen LogP contribution in [-0.2, 0) is 13.0 Å². The number of oxazole rings is 1. The first-order chi connectivity index (χ1) is 12.0. The Kier molecular flexibility index (Phi) is 9.25. The lowest BCUT2D eigenvalue weighted by Gasteiger charge is -2.12. The minimum Gasteiger partial charge on any atom is -0.508 e. The summed E-state index contributed by atoms with van der Waals surface area (Å²) in [5.74, 6) is 2.97. The maximum Gasteiger partial charge on any atom is 0.216 e. The average molecular weight is 474 g/mol. The number of phenolic OH excluding ortho intramolecular Hbond substituents is 1. The highest BCUT2D eigenvalue weighted by atomic mass is 127. The fraction of sp³-hybridized carbons (Fsp3) is 0.444. The van der Waals surface area contributed by atoms with Crippen LogP contribution in [0.4, 0.5) is 0 Å². The Bertz CT molecular complexity index is 712. The Morgan fingerprint density at radius 1 is 1.31 bits per heavy atom. The number of aromatic hydroxyl groups is 1. The van der Waals surface area contributed by atoms with Gasteiger partial charge in [0.25, 0.3) is 0 Å². The number of hydrogen-bond donors (Lipinski definition) is 3. The first-order valence-corrected chi connectivity index (χ1v) is 8.34. The van der Waals surface area contributed by atoms with Crippen molar-refractivity contribution in [2.75, 3.05) is 20.2 Å². The summed E-state index contributed by atoms with van der Waals surface area (Å²) in [5.41, 5.74) is 1.74. The molecule has 1 aromatic heterocycles. The Hall–Kier alpha value is -1.97. The van der Waals surface area contributed by atoms with Crippen molar-refractivity contribution in [3.63, 3.8) is 0 Å². The lowest BCUT2D eigenvalue weighted by Crippen LogP contribution is -2.38. The van der Waals surface area contributed by atoms with Crippen LogP contribution in [0.15, 0.2) is 27.6 Å². The number of nitrogens with zero attached hydrogens (tertiary/aromatic N) is 2. The van der Waals surface area contributed by atoms with Gasteiger partial charge in [0, 0.05) is 19.2 Å². The summed E-state index contributed by atoms with van der Waals surface area (Å²) in [7, 11) is 1.58. The van der Waals surface area contributed by atoms with Crippen molar-refractivity contribution in [3.05, 3.63) is 41.1 Å². The molecule has 3 N–H and O–H groups in total. The zero-order valence-electron chi connectivity index (χ0n) is 15.6. The van der Waals surface area contributed by atoms with Crippen LogP contribution in [-0.4, -0.2) is 36.2 Å². The topological polar surface area (TPSA) is 91.9 Å². The predicted molar refractivity (Wildman–Crippen MR) is 113 cm³/mol. The van der Waals surface area contributed by atoms with E-state index in [1.54, 1.807) is 13.2 Å². The van der Waals surface area contributed by atoms with Gasteiger partial charge >= 0.3 is 0 Å². The second-order valence-corrected chi connectivity index (χ2v) is 5.62. The lowest BCUT2D eigenvalue weighted by molar-refractivity contribution is 0.406. The molecule has 0 spiro atoms. The van der Waals surface area contributed by atoms with Gasteiger partial charge in [-0.05, 0) is 38.8 Å². The van der Waals surface area contributed by atoms with Crippen LogP contribution in [0.5, 0.6) is 11.5 Å². The molecule has 0 saturated carbocycles. The van der Waals surface area contributed by atoms with E-state index in [2.05, 4.69) is 20.6 Å². The van der Waals surface area contributed by atoms with Gasteiger partial charge in [-0.15, -0.1) is 24.0 Å². The Labute approximate surface area is 171 Å². The van der Waals surface area contributed by atoms with E-state index in [9.17, 15) is 5.11 Å². The number of hydrogen-bond acceptors (Lipinski definition) is 5. The van der Waals surface area contributed by atoms with Crippen LogP contribution in [0, 0.1) is 13.8 Å². The smallest absolute Gasteiger partial charge is 0.216 e. The number of aryl methyl sites for hydroxylation is 2. The molecule has 0 saturated heterocycles. The normalized spacial score (nSPS) is 11.0. The van der Waals surface area contributed by atoms with Gasteiger partial charge in [0.2, 0.25) is 5.89 Å². The molecular formula is C18H27IN4O3. The Morgan fingerprint density at radius 2 is 2.08 bits per heavy atom. The molecule has 0 radical (unpaired) electrons. The number of methoxy groups -OCH3 is 1. The van der Waals surface area contributed by atoms with E-state index in [4.69, 9.17) is 9.15 Å². The maximum absolute atomic E-state index is 10.00. The third-order valence-corrected chi connectivity index (χ3v) is 3.77. The van der Waals surface area contributed by atoms with E-state index < -0.39 is 0 Å². The molecule has 0 amide bonds. The molecule has 0 aliphatic carbocycles. The van der Waals surface area contributed by atoms with Crippen molar-refractivity contribution in [3.8, 4) is 11.5 Å². The van der Waals surface area contributed by atoms with Gasteiger partial charge in [0.1, 0.15) is 23.8 Å². The third-order valence-electron chi connectivity index (χ3n) is 3.77. The van der Waals surface area contributed by atoms with E-state index in [1.807, 2.05) is 32.9 Å². The molecule has 0 atom stereocenters. The van der Waals surface area contributed by atoms with Crippen LogP contribution in [0.2, 0.25) is 0 Å². The molecule has 0 fully saturated rings. The number of aromatic nitrogens is 1. The number of benzene rings is 1. The number of nitrogens with one attached hydrogen (secondary N) is 2. The summed E-state index contributed by atoms with van der Waals surface area (Å²) in [6.45, 7) is 7.57. The van der Waals surface area contributed by atoms with Gasteiger partial charge in [-0.1, -0.05) is 6.07 Å². The van der Waals surface area contributed by atoms with Crippen LogP contribution in [0.1, 0.15) is 29.8 Å². The largest absolute Gasteiger partial charge is 0.508 e. The first-order valence-electron chi connectivity index (χ1n) is 8.34. The van der Waals surface area contributed by atoms with E-state index in [-0.39, 0.29) is 29.7 Å². The monoisotopic (exact) mass is 474 g/mol. The summed E-state index contributed by atoms with van der Waals surface area (Å²) in [6, 6.07) is 5.31. The molecule has 0 aliphatic rings. The molecule has 1 heterocycles. The lowest BCUT2D eigenvalue weighted by atomic mass is 10.1. The fourth-order valence-electron chi connectivity index (χ4n) is 2.29. The van der Waals surface area contributed by atoms with Crippen molar-refractivity contribution in [1.82, 2.24) is 15.6 Å². The summed E-state index contributed by atoms with van der Waals surface area (Å²) in [4.78, 5) is 8.80. The molecule has 26 heavy (non-hydrogen) atoms. The Morgan fingerprint density at radius 3 is 2.65 bits per heavy atom. The van der Waals surface area contributed by atoms with Crippen LogP contribution in [0.3, 0.4) is 0 Å². The van der Waals surface area contributed by atoms with Crippen LogP contribution < -0.4 is 15.4 Å². The average Bonchev–Trinajstić information content (AvgIpc) is 2.92. The van der Waals surface area contributed by atoms with Gasteiger partial charge in [-0.3, -0.25) is 0 Å². The maximum atomic E-state index is 10.00. The Balaban J connectivity index is 0.00000338. The summed E-state index contributed by atoms with van der Waals surface area (Å²) in [5, 5.41) is 16.4. The molecule has 1 aromatic carbocycles. The number of phenols is 1. The quantitative estimate of drug-likeness (QED) is 0.325. The van der Waals surface area contributed by atoms with Crippen LogP contribution in [0.25, 0.3) is 0 Å². The fourth-order valence-corrected chi connectivity index (χ4v) is 2.29. The molecular weight excluding hydrogens is 447 g/mol. The summed E-state index contributed by atoms with van der Waals surface area (Å²) in [6.07, 6.45) is 0.664. The highest BCUT2D eigenvalue weighted by Crippen LogP contribution is 2.23. The number of halogens is 1. The van der Waals surface area contributed by atoms with Crippen molar-refractivity contribution < 1.29 is 14.3 Å². The number of aliphatic imine (C=N–C) groups is 1. The molecule has 0 aliphatic heterocycles. The van der Waals surface area contributed by atoms with Crippen molar-refractivity contribution >= 4 is 29.9 Å². The van der Waals surface area contributed by atoms with Gasteiger partial charge in [-0.2, -0.15) is 0 Å². The van der Waals surface area contributed by atoms with Gasteiger partial charge in [0.15, 0.2) is 5.96 Å². The van der Waals surface area contributed by atoms with E-state index in [1.165, 1.54) is 0 Å². The highest BCUT2D eigenvalue weighted by molar-refractivity contribution is 14.0. The minimum atomic E-state index is 0. The number of ether oxygens (including phenoxy) is 1. The number of guanidine groups is 1. The molecule has 8 heteroatoms. The SMILES string of the molecule is CCNC(=NCc1nc(C)c(C)o1)NCCc1ccc(OC)cc1O.I. The van der Waals surface area contributed by atoms with Crippen LogP contribution >= 0.6 is 24.0 Å². The molecule has 0 unspecified atom stereocenters. The second kappa shape index (κ2) is 10.9. The molecule has 0 bridgehead atoms. The molecule has 2 rings (SSSR count). The third kappa shape index (κ3) is 6.40. The summed E-state index contributed by atoms with van der Waals surface area (Å²) >= 11 is 0. The van der Waals surface area contributed by atoms with E-state index >= 15 is 0 Å². The zero-order valence-corrected chi connectivity index (χ0v) is 18.0. The number of rotatable bonds is 7. The zero-order chi connectivity index (χ0) is 18.2. The van der Waals surface area contributed by atoms with Gasteiger partial charge in [-0.25, -0.2) is 9.98 Å². The van der Waals surface area contributed by atoms with Crippen molar-refractivity contribution in [2.24, 2.45) is 4.99 Å². The standard InChI is InChI=1S/C18H26N4O3.HI/c1-5-19-18(21-11-17-22-12(2)13(3)25-17)20-9-8-14-6-7-15(24-4)10-16(14)23;/h6-7,10,23H,5,8-9,11H2,1-4H3,(H2,19,20,21);1H. The molecule has 144 valence electrons. The molecule has 7 nitrogen and oxygen atoms in total. The second-order valence-electron chi connectivity index (χ2n) is 5.62. The predicted octanol–water partition coefficient (Wildman–Crippen LogP) is 2.92. The van der Waals surface area contributed by atoms with E-state index in [0.717, 1.165) is 23.6 Å². The van der Waals surface area contributed by atoms with Crippen molar-refractivity contribution in [2.45, 2.75) is 33.7 Å². The molecule has 2 aromatic rings. The van der Waals surface area contributed by atoms with Crippen molar-refractivity contribution in [1.29, 1.82) is 0 Å². The first kappa shape index (κ1) is 22.1. The minimum absolute atomic E-state index is 0. The summed E-state index contributed by atoms with van der Waals surface area (Å²) < 4.78 is 10.6.